The molecule has 0 atom stereocenters. The van der Waals surface area contributed by atoms with Crippen LogP contribution in [0.1, 0.15) is 22.5 Å². The van der Waals surface area contributed by atoms with E-state index in [2.05, 4.69) is 73.5 Å². The molecule has 0 radical (unpaired) electrons. The molecule has 3 heteroatoms. The van der Waals surface area contributed by atoms with E-state index in [-0.39, 0.29) is 0 Å². The molecule has 2 nitrogen and oxygen atoms in total. The summed E-state index contributed by atoms with van der Waals surface area (Å²) < 4.78 is 2.33. The van der Waals surface area contributed by atoms with Gasteiger partial charge in [-0.3, -0.25) is 0 Å². The number of rotatable bonds is 4. The number of fused-ring (bicyclic) bond motifs is 1. The van der Waals surface area contributed by atoms with Gasteiger partial charge in [-0.2, -0.15) is 12.6 Å². The largest absolute Gasteiger partial charge is 0.323 e. The minimum absolute atomic E-state index is 0.816. The molecular weight excluding hydrogens is 276 g/mol. The molecule has 0 N–H and O–H groups in total. The maximum absolute atomic E-state index is 4.80. The fourth-order valence-corrected chi connectivity index (χ4v) is 2.91. The number of aryl methyl sites for hydroxylation is 3. The fraction of sp³-hybridized carbons (Fsp3) is 0.278. The quantitative estimate of drug-likeness (QED) is 0.715. The van der Waals surface area contributed by atoms with Gasteiger partial charge in [0.05, 0.1) is 11.0 Å². The van der Waals surface area contributed by atoms with Crippen molar-refractivity contribution < 1.29 is 0 Å². The van der Waals surface area contributed by atoms with E-state index in [1.165, 1.54) is 22.2 Å². The SMILES string of the molecule is Cc1ccc2c(c1)nc(CCS)n2Cc1ccccc1C. The lowest BCUT2D eigenvalue weighted by molar-refractivity contribution is 0.752. The van der Waals surface area contributed by atoms with Gasteiger partial charge in [0.25, 0.3) is 0 Å². The molecule has 0 saturated carbocycles. The average Bonchev–Trinajstić information content (AvgIpc) is 2.79. The van der Waals surface area contributed by atoms with Crippen molar-refractivity contribution in [1.29, 1.82) is 0 Å². The monoisotopic (exact) mass is 296 g/mol. The van der Waals surface area contributed by atoms with Gasteiger partial charge in [-0.05, 0) is 48.4 Å². The third kappa shape index (κ3) is 2.84. The van der Waals surface area contributed by atoms with Crippen molar-refractivity contribution in [2.45, 2.75) is 26.8 Å². The lowest BCUT2D eigenvalue weighted by Crippen LogP contribution is -2.07. The summed E-state index contributed by atoms with van der Waals surface area (Å²) in [6, 6.07) is 15.0. The molecule has 2 aromatic carbocycles. The van der Waals surface area contributed by atoms with E-state index in [0.29, 0.717) is 0 Å². The Morgan fingerprint density at radius 1 is 1.10 bits per heavy atom. The normalized spacial score (nSPS) is 11.2. The Balaban J connectivity index is 2.11. The first-order valence-corrected chi connectivity index (χ1v) is 7.93. The number of nitrogens with zero attached hydrogens (tertiary/aromatic N) is 2. The van der Waals surface area contributed by atoms with Gasteiger partial charge >= 0.3 is 0 Å². The van der Waals surface area contributed by atoms with Crippen LogP contribution >= 0.6 is 12.6 Å². The molecule has 0 aliphatic rings. The zero-order chi connectivity index (χ0) is 14.8. The number of aromatic nitrogens is 2. The first kappa shape index (κ1) is 14.2. The van der Waals surface area contributed by atoms with Crippen LogP contribution in [0.3, 0.4) is 0 Å². The second-order valence-electron chi connectivity index (χ2n) is 5.51. The maximum atomic E-state index is 4.80. The minimum Gasteiger partial charge on any atom is -0.323 e. The van der Waals surface area contributed by atoms with E-state index in [4.69, 9.17) is 4.98 Å². The summed E-state index contributed by atoms with van der Waals surface area (Å²) in [4.78, 5) is 4.80. The highest BCUT2D eigenvalue weighted by atomic mass is 32.1. The molecule has 0 fully saturated rings. The second-order valence-corrected chi connectivity index (χ2v) is 5.95. The van der Waals surface area contributed by atoms with Crippen molar-refractivity contribution >= 4 is 23.7 Å². The van der Waals surface area contributed by atoms with Crippen molar-refractivity contribution in [2.75, 3.05) is 5.75 Å². The van der Waals surface area contributed by atoms with Crippen LogP contribution in [0.25, 0.3) is 11.0 Å². The summed E-state index contributed by atoms with van der Waals surface area (Å²) >= 11 is 4.37. The zero-order valence-electron chi connectivity index (χ0n) is 12.5. The Labute approximate surface area is 131 Å². The summed E-state index contributed by atoms with van der Waals surface area (Å²) in [5, 5.41) is 0. The van der Waals surface area contributed by atoms with Crippen molar-refractivity contribution in [3.8, 4) is 0 Å². The predicted molar refractivity (Wildman–Crippen MR) is 92.3 cm³/mol. The molecule has 0 aliphatic carbocycles. The molecule has 0 unspecified atom stereocenters. The highest BCUT2D eigenvalue weighted by Gasteiger charge is 2.11. The molecule has 108 valence electrons. The Hall–Kier alpha value is -1.74. The lowest BCUT2D eigenvalue weighted by Gasteiger charge is -2.11. The molecule has 1 aromatic heterocycles. The lowest BCUT2D eigenvalue weighted by atomic mass is 10.1. The highest BCUT2D eigenvalue weighted by Crippen LogP contribution is 2.21. The van der Waals surface area contributed by atoms with Gasteiger partial charge in [0, 0.05) is 13.0 Å². The zero-order valence-corrected chi connectivity index (χ0v) is 13.4. The van der Waals surface area contributed by atoms with E-state index in [1.54, 1.807) is 0 Å². The van der Waals surface area contributed by atoms with E-state index in [1.807, 2.05) is 0 Å². The van der Waals surface area contributed by atoms with Crippen LogP contribution < -0.4 is 0 Å². The van der Waals surface area contributed by atoms with Crippen LogP contribution in [0.4, 0.5) is 0 Å². The number of hydrogen-bond donors (Lipinski definition) is 1. The van der Waals surface area contributed by atoms with E-state index < -0.39 is 0 Å². The number of imidazole rings is 1. The summed E-state index contributed by atoms with van der Waals surface area (Å²) in [5.41, 5.74) is 6.21. The van der Waals surface area contributed by atoms with Crippen LogP contribution in [0, 0.1) is 13.8 Å². The van der Waals surface area contributed by atoms with Crippen LogP contribution in [-0.2, 0) is 13.0 Å². The third-order valence-corrected chi connectivity index (χ3v) is 4.13. The van der Waals surface area contributed by atoms with Gasteiger partial charge in [0.15, 0.2) is 0 Å². The summed E-state index contributed by atoms with van der Waals surface area (Å²) in [6.45, 7) is 5.14. The van der Waals surface area contributed by atoms with E-state index in [0.717, 1.165) is 30.1 Å². The first-order chi connectivity index (χ1) is 10.2. The average molecular weight is 296 g/mol. The van der Waals surface area contributed by atoms with Gasteiger partial charge in [-0.15, -0.1) is 0 Å². The molecule has 3 aromatic rings. The summed E-state index contributed by atoms with van der Waals surface area (Å²) in [7, 11) is 0. The topological polar surface area (TPSA) is 17.8 Å². The number of hydrogen-bond acceptors (Lipinski definition) is 2. The Morgan fingerprint density at radius 3 is 2.67 bits per heavy atom. The molecular formula is C18H20N2S. The van der Waals surface area contributed by atoms with Crippen molar-refractivity contribution in [3.05, 3.63) is 65.0 Å². The molecule has 0 aliphatic heterocycles. The summed E-state index contributed by atoms with van der Waals surface area (Å²) in [6.07, 6.45) is 0.892. The van der Waals surface area contributed by atoms with E-state index in [9.17, 15) is 0 Å². The molecule has 0 bridgehead atoms. The number of thiol groups is 1. The van der Waals surface area contributed by atoms with E-state index >= 15 is 0 Å². The Kier molecular flexibility index (Phi) is 4.02. The van der Waals surface area contributed by atoms with Crippen molar-refractivity contribution in [3.63, 3.8) is 0 Å². The Morgan fingerprint density at radius 2 is 1.90 bits per heavy atom. The highest BCUT2D eigenvalue weighted by molar-refractivity contribution is 7.80. The molecule has 0 amide bonds. The first-order valence-electron chi connectivity index (χ1n) is 7.30. The molecule has 3 rings (SSSR count). The van der Waals surface area contributed by atoms with Crippen LogP contribution in [-0.4, -0.2) is 15.3 Å². The second kappa shape index (κ2) is 5.94. The van der Waals surface area contributed by atoms with Crippen molar-refractivity contribution in [1.82, 2.24) is 9.55 Å². The minimum atomic E-state index is 0.816. The van der Waals surface area contributed by atoms with Crippen LogP contribution in [0.2, 0.25) is 0 Å². The van der Waals surface area contributed by atoms with Gasteiger partial charge in [0.2, 0.25) is 0 Å². The molecule has 1 heterocycles. The summed E-state index contributed by atoms with van der Waals surface area (Å²) in [5.74, 6) is 1.93. The fourth-order valence-electron chi connectivity index (χ4n) is 2.71. The maximum Gasteiger partial charge on any atom is 0.110 e. The van der Waals surface area contributed by atoms with Gasteiger partial charge < -0.3 is 4.57 Å². The standard InChI is InChI=1S/C18H20N2S/c1-13-7-8-17-16(11-13)19-18(9-10-21)20(17)12-15-6-4-3-5-14(15)2/h3-8,11,21H,9-10,12H2,1-2H3. The molecule has 21 heavy (non-hydrogen) atoms. The smallest absolute Gasteiger partial charge is 0.110 e. The van der Waals surface area contributed by atoms with Gasteiger partial charge in [-0.25, -0.2) is 4.98 Å². The van der Waals surface area contributed by atoms with Crippen LogP contribution in [0.5, 0.6) is 0 Å². The van der Waals surface area contributed by atoms with Gasteiger partial charge in [0.1, 0.15) is 5.82 Å². The van der Waals surface area contributed by atoms with Gasteiger partial charge in [-0.1, -0.05) is 30.3 Å². The number of benzene rings is 2. The molecule has 0 spiro atoms. The predicted octanol–water partition coefficient (Wildman–Crippen LogP) is 4.17. The Bertz CT molecular complexity index is 774. The van der Waals surface area contributed by atoms with Crippen LogP contribution in [0.15, 0.2) is 42.5 Å². The third-order valence-electron chi connectivity index (χ3n) is 3.91. The van der Waals surface area contributed by atoms with Crippen molar-refractivity contribution in [2.24, 2.45) is 0 Å². The molecule has 0 saturated heterocycles.